The van der Waals surface area contributed by atoms with Crippen molar-refractivity contribution >= 4 is 20.0 Å². The number of nitrogens with zero attached hydrogens (tertiary/aromatic N) is 1. The number of benzene rings is 1. The predicted octanol–water partition coefficient (Wildman–Crippen LogP) is 9.13. The fraction of sp³-hybridized carbons (Fsp3) is 0.536. The zero-order chi connectivity index (χ0) is 20.5. The Kier molecular flexibility index (Phi) is 10.7. The molecule has 5 unspecified atom stereocenters. The van der Waals surface area contributed by atoms with E-state index in [0.29, 0.717) is 28.5 Å². The fourth-order valence-electron chi connectivity index (χ4n) is 5.93. The van der Waals surface area contributed by atoms with Gasteiger partial charge in [-0.15, -0.1) is 17.3 Å². The second-order valence-electron chi connectivity index (χ2n) is 11.5. The molecule has 1 fully saturated rings. The normalized spacial score (nSPS) is 28.0. The van der Waals surface area contributed by atoms with Crippen LogP contribution in [0.5, 0.6) is 0 Å². The van der Waals surface area contributed by atoms with Gasteiger partial charge in [-0.05, 0) is 40.0 Å². The average Bonchev–Trinajstić information content (AvgIpc) is 3.04. The summed E-state index contributed by atoms with van der Waals surface area (Å²) < 4.78 is 0. The summed E-state index contributed by atoms with van der Waals surface area (Å²) in [6, 6.07) is 9.16. The second-order valence-corrected chi connectivity index (χ2v) is 16.9. The third-order valence-electron chi connectivity index (χ3n) is 6.70. The van der Waals surface area contributed by atoms with Crippen molar-refractivity contribution in [3.05, 3.63) is 80.9 Å². The molecule has 4 heteroatoms. The third-order valence-corrected chi connectivity index (χ3v) is 12.0. The Morgan fingerprint density at radius 2 is 1.50 bits per heavy atom. The largest absolute Gasteiger partial charge is 4.00 e. The minimum atomic E-state index is -1.80. The van der Waals surface area contributed by atoms with E-state index in [1.165, 1.54) is 10.5 Å². The number of thioether (sulfide) groups is 1. The monoisotopic (exact) mass is 503 g/mol. The molecule has 0 bridgehead atoms. The maximum atomic E-state index is 5.50. The van der Waals surface area contributed by atoms with Crippen LogP contribution in [-0.2, 0) is 21.7 Å². The Morgan fingerprint density at radius 1 is 0.906 bits per heavy atom. The molecule has 4 rings (SSSR count). The molecule has 2 aliphatic carbocycles. The molecule has 0 N–H and O–H groups in total. The molecule has 0 saturated heterocycles. The van der Waals surface area contributed by atoms with Crippen LogP contribution in [0.25, 0.3) is 4.98 Å². The molecule has 0 radical (unpaired) electrons. The maximum absolute atomic E-state index is 5.50. The number of hydrogen-bond donors (Lipinski definition) is 0. The Morgan fingerprint density at radius 3 is 2.06 bits per heavy atom. The Hall–Kier alpha value is -0.0588. The summed E-state index contributed by atoms with van der Waals surface area (Å²) in [4.78, 5) is 7.01. The summed E-state index contributed by atoms with van der Waals surface area (Å²) in [6.07, 6.45) is 7.65. The van der Waals surface area contributed by atoms with Gasteiger partial charge in [-0.25, -0.2) is 0 Å². The van der Waals surface area contributed by atoms with Crippen LogP contribution in [0, 0.1) is 39.5 Å². The third kappa shape index (κ3) is 5.77. The van der Waals surface area contributed by atoms with Crippen molar-refractivity contribution < 1.29 is 21.7 Å². The van der Waals surface area contributed by atoms with Gasteiger partial charge in [-0.1, -0.05) is 99.3 Å². The maximum Gasteiger partial charge on any atom is 4.00 e. The van der Waals surface area contributed by atoms with E-state index in [2.05, 4.69) is 109 Å². The van der Waals surface area contributed by atoms with Gasteiger partial charge in [-0.2, -0.15) is 0 Å². The van der Waals surface area contributed by atoms with Gasteiger partial charge < -0.3 is 27.3 Å². The van der Waals surface area contributed by atoms with Crippen molar-refractivity contribution in [2.75, 3.05) is 0 Å². The van der Waals surface area contributed by atoms with E-state index in [1.54, 1.807) is 5.56 Å². The average molecular weight is 504 g/mol. The number of fused-ring (bicyclic) bond motifs is 5. The van der Waals surface area contributed by atoms with E-state index in [1.807, 2.05) is 0 Å². The molecule has 3 aliphatic rings. The molecule has 32 heavy (non-hydrogen) atoms. The van der Waals surface area contributed by atoms with Crippen LogP contribution in [-0.4, -0.2) is 19.0 Å². The van der Waals surface area contributed by atoms with Gasteiger partial charge in [-0.3, -0.25) is 0 Å². The molecule has 1 heterocycles. The van der Waals surface area contributed by atoms with Gasteiger partial charge in [0.05, 0.1) is 0 Å². The van der Waals surface area contributed by atoms with Crippen LogP contribution in [0.4, 0.5) is 0 Å². The summed E-state index contributed by atoms with van der Waals surface area (Å²) >= 11 is 2.15. The van der Waals surface area contributed by atoms with E-state index in [4.69, 9.17) is 4.98 Å². The minimum absolute atomic E-state index is 0. The van der Waals surface area contributed by atoms with Crippen molar-refractivity contribution in [1.82, 2.24) is 0 Å². The first-order valence-corrected chi connectivity index (χ1v) is 14.7. The van der Waals surface area contributed by atoms with Gasteiger partial charge in [0, 0.05) is 16.1 Å². The van der Waals surface area contributed by atoms with E-state index >= 15 is 0 Å². The first-order chi connectivity index (χ1) is 12.9. The van der Waals surface area contributed by atoms with Crippen molar-refractivity contribution in [3.63, 3.8) is 0 Å². The molecule has 0 aromatic heterocycles. The van der Waals surface area contributed by atoms with Gasteiger partial charge >= 0.3 is 21.7 Å². The van der Waals surface area contributed by atoms with E-state index in [0.717, 1.165) is 0 Å². The molecule has 1 saturated carbocycles. The van der Waals surface area contributed by atoms with Gasteiger partial charge in [0.25, 0.3) is 0 Å². The van der Waals surface area contributed by atoms with Crippen LogP contribution in [0.2, 0.25) is 18.6 Å². The van der Waals surface area contributed by atoms with Crippen LogP contribution >= 0.6 is 11.8 Å². The quantitative estimate of drug-likeness (QED) is 0.290. The number of allylic oxidation sites excluding steroid dienone is 4. The standard InChI is InChI=1S/C25H36NSSi.3CH3.Ti/c1-24(2,3)16-13-14-17-19(15-16)23(28(7,8)26-25(4,5)6)22-21(17)18-11-9-10-12-20(18)27-22;;;;/h9-15,17,19,21-23H,1-8H3;3*1H3;/q4*-1;+4. The molecule has 0 spiro atoms. The molecule has 176 valence electrons. The first kappa shape index (κ1) is 31.9. The zero-order valence-electron chi connectivity index (χ0n) is 22.3. The number of hydrogen-bond acceptors (Lipinski definition) is 1. The fourth-order valence-corrected chi connectivity index (χ4v) is 12.9. The summed E-state index contributed by atoms with van der Waals surface area (Å²) in [5.41, 5.74) is 4.04. The zero-order valence-corrected chi connectivity index (χ0v) is 25.7. The van der Waals surface area contributed by atoms with Crippen molar-refractivity contribution in [2.45, 2.75) is 81.8 Å². The van der Waals surface area contributed by atoms with E-state index in [-0.39, 0.29) is 55.0 Å². The van der Waals surface area contributed by atoms with E-state index in [9.17, 15) is 0 Å². The Labute approximate surface area is 220 Å². The van der Waals surface area contributed by atoms with Crippen LogP contribution in [0.1, 0.15) is 53.0 Å². The molecule has 1 nitrogen and oxygen atoms in total. The SMILES string of the molecule is CC(C)(C)[N-][Si](C)(C)C1C2C=C(C(C)(C)C)C=CC2C2c3ccccc3SC21.[CH3-].[CH3-].[CH3-].[Ti+4]. The summed E-state index contributed by atoms with van der Waals surface area (Å²) in [5.74, 6) is 1.90. The van der Waals surface area contributed by atoms with Crippen molar-refractivity contribution in [3.8, 4) is 0 Å². The van der Waals surface area contributed by atoms with Crippen LogP contribution in [0.3, 0.4) is 0 Å². The summed E-state index contributed by atoms with van der Waals surface area (Å²) in [7, 11) is -1.80. The first-order valence-electron chi connectivity index (χ1n) is 10.8. The molecule has 1 aliphatic heterocycles. The Balaban J connectivity index is 0.00000240. The van der Waals surface area contributed by atoms with Crippen molar-refractivity contribution in [2.24, 2.45) is 17.3 Å². The summed E-state index contributed by atoms with van der Waals surface area (Å²) in [6.45, 7) is 18.9. The summed E-state index contributed by atoms with van der Waals surface area (Å²) in [5, 5.41) is 0.667. The molecular formula is C28H45NSSiTi. The molecular weight excluding hydrogens is 458 g/mol. The van der Waals surface area contributed by atoms with Crippen LogP contribution in [0.15, 0.2) is 53.0 Å². The van der Waals surface area contributed by atoms with Gasteiger partial charge in [0.15, 0.2) is 0 Å². The molecule has 5 atom stereocenters. The van der Waals surface area contributed by atoms with E-state index < -0.39 is 8.24 Å². The van der Waals surface area contributed by atoms with Gasteiger partial charge in [0.2, 0.25) is 0 Å². The van der Waals surface area contributed by atoms with Crippen molar-refractivity contribution in [1.29, 1.82) is 0 Å². The van der Waals surface area contributed by atoms with Crippen LogP contribution < -0.4 is 0 Å². The molecule has 0 amide bonds. The minimum Gasteiger partial charge on any atom is -0.660 e. The smallest absolute Gasteiger partial charge is 0.660 e. The number of rotatable bonds is 2. The Bertz CT molecular complexity index is 831. The van der Waals surface area contributed by atoms with Gasteiger partial charge in [0.1, 0.15) is 0 Å². The molecule has 1 aromatic carbocycles. The topological polar surface area (TPSA) is 14.1 Å². The molecule has 1 aromatic rings. The second kappa shape index (κ2) is 10.7. The predicted molar refractivity (Wildman–Crippen MR) is 146 cm³/mol.